The average molecular weight is 442 g/mol. The van der Waals surface area contributed by atoms with E-state index >= 15 is 0 Å². The Morgan fingerprint density at radius 1 is 1.24 bits per heavy atom. The zero-order chi connectivity index (χ0) is 20.5. The van der Waals surface area contributed by atoms with E-state index in [1.807, 2.05) is 61.0 Å². The molecule has 0 bridgehead atoms. The van der Waals surface area contributed by atoms with Crippen LogP contribution >= 0.6 is 34.4 Å². The van der Waals surface area contributed by atoms with Gasteiger partial charge in [0.25, 0.3) is 5.56 Å². The Morgan fingerprint density at radius 3 is 2.79 bits per heavy atom. The van der Waals surface area contributed by atoms with Gasteiger partial charge in [-0.1, -0.05) is 30.0 Å². The van der Waals surface area contributed by atoms with Crippen LogP contribution in [-0.4, -0.2) is 20.7 Å². The molecule has 1 unspecified atom stereocenters. The lowest BCUT2D eigenvalue weighted by atomic mass is 10.2. The maximum absolute atomic E-state index is 13.0. The summed E-state index contributed by atoms with van der Waals surface area (Å²) < 4.78 is 1.53. The Kier molecular flexibility index (Phi) is 5.58. The molecular weight excluding hydrogens is 422 g/mol. The van der Waals surface area contributed by atoms with E-state index in [4.69, 9.17) is 0 Å². The van der Waals surface area contributed by atoms with E-state index < -0.39 is 5.25 Å². The fraction of sp³-hybridized carbons (Fsp3) is 0.190. The largest absolute Gasteiger partial charge is 0.325 e. The summed E-state index contributed by atoms with van der Waals surface area (Å²) in [6.07, 6.45) is 0. The van der Waals surface area contributed by atoms with Gasteiger partial charge in [0.1, 0.15) is 4.83 Å². The van der Waals surface area contributed by atoms with Crippen molar-refractivity contribution in [3.63, 3.8) is 0 Å². The highest BCUT2D eigenvalue weighted by Gasteiger charge is 2.20. The molecule has 4 rings (SSSR count). The number of rotatable bonds is 5. The van der Waals surface area contributed by atoms with Gasteiger partial charge in [-0.05, 0) is 43.0 Å². The van der Waals surface area contributed by atoms with E-state index in [2.05, 4.69) is 10.3 Å². The number of carbonyl (C=O) groups excluding carboxylic acids is 1. The predicted molar refractivity (Wildman–Crippen MR) is 123 cm³/mol. The molecule has 1 atom stereocenters. The topological polar surface area (TPSA) is 64.0 Å². The number of thioether (sulfide) groups is 1. The molecule has 0 aliphatic heterocycles. The number of aryl methyl sites for hydroxylation is 1. The van der Waals surface area contributed by atoms with E-state index in [1.54, 1.807) is 18.4 Å². The first kappa shape index (κ1) is 19.9. The summed E-state index contributed by atoms with van der Waals surface area (Å²) in [4.78, 5) is 32.1. The summed E-state index contributed by atoms with van der Waals surface area (Å²) in [5.41, 5.74) is 2.68. The van der Waals surface area contributed by atoms with Crippen LogP contribution in [0.15, 0.2) is 57.1 Å². The maximum Gasteiger partial charge on any atom is 0.263 e. The Hall–Kier alpha value is -2.42. The fourth-order valence-corrected chi connectivity index (χ4v) is 5.63. The number of nitrogens with zero attached hydrogens (tertiary/aromatic N) is 2. The molecule has 1 N–H and O–H groups in total. The monoisotopic (exact) mass is 441 g/mol. The summed E-state index contributed by atoms with van der Waals surface area (Å²) in [7, 11) is 1.71. The number of anilines is 1. The molecule has 0 aliphatic carbocycles. The zero-order valence-corrected chi connectivity index (χ0v) is 18.6. The summed E-state index contributed by atoms with van der Waals surface area (Å²) in [5.74, 6) is -0.125. The molecule has 29 heavy (non-hydrogen) atoms. The lowest BCUT2D eigenvalue weighted by Gasteiger charge is -2.14. The van der Waals surface area contributed by atoms with Gasteiger partial charge in [-0.25, -0.2) is 4.98 Å². The fourth-order valence-electron chi connectivity index (χ4n) is 2.95. The first-order valence-corrected chi connectivity index (χ1v) is 11.6. The zero-order valence-electron chi connectivity index (χ0n) is 16.1. The number of amides is 1. The van der Waals surface area contributed by atoms with Gasteiger partial charge in [0.05, 0.1) is 10.6 Å². The number of thiophene rings is 2. The molecule has 0 fully saturated rings. The van der Waals surface area contributed by atoms with E-state index in [0.717, 1.165) is 21.7 Å². The summed E-state index contributed by atoms with van der Waals surface area (Å²) in [6, 6.07) is 11.7. The van der Waals surface area contributed by atoms with Crippen LogP contribution in [0.3, 0.4) is 0 Å². The minimum Gasteiger partial charge on any atom is -0.325 e. The Morgan fingerprint density at radius 2 is 2.07 bits per heavy atom. The van der Waals surface area contributed by atoms with Gasteiger partial charge in [-0.2, -0.15) is 0 Å². The van der Waals surface area contributed by atoms with Crippen LogP contribution in [0, 0.1) is 6.92 Å². The molecule has 1 aromatic carbocycles. The molecule has 8 heteroatoms. The van der Waals surface area contributed by atoms with Crippen LogP contribution in [-0.2, 0) is 11.8 Å². The van der Waals surface area contributed by atoms with Gasteiger partial charge in [0, 0.05) is 28.6 Å². The third-order valence-corrected chi connectivity index (χ3v) is 7.42. The van der Waals surface area contributed by atoms with E-state index in [0.29, 0.717) is 15.4 Å². The van der Waals surface area contributed by atoms with Crippen molar-refractivity contribution in [2.24, 2.45) is 7.05 Å². The molecule has 1 amide bonds. The smallest absolute Gasteiger partial charge is 0.263 e. The second-order valence-corrected chi connectivity index (χ2v) is 9.80. The second-order valence-electron chi connectivity index (χ2n) is 6.68. The molecule has 0 aliphatic rings. The van der Waals surface area contributed by atoms with Crippen LogP contribution in [0.1, 0.15) is 12.5 Å². The molecule has 3 heterocycles. The molecule has 0 saturated heterocycles. The molecule has 0 saturated carbocycles. The minimum absolute atomic E-state index is 0.0894. The predicted octanol–water partition coefficient (Wildman–Crippen LogP) is 5.15. The van der Waals surface area contributed by atoms with Crippen LogP contribution in [0.4, 0.5) is 5.69 Å². The minimum atomic E-state index is -0.400. The quantitative estimate of drug-likeness (QED) is 0.344. The SMILES string of the molecule is Cc1cccc(NC(=O)C(C)Sc2nc3scc(-c4cccs4)c3c(=O)n2C)c1. The molecule has 0 spiro atoms. The number of hydrogen-bond donors (Lipinski definition) is 1. The number of carbonyl (C=O) groups is 1. The molecular formula is C21H19N3O2S3. The summed E-state index contributed by atoms with van der Waals surface area (Å²) >= 11 is 4.35. The van der Waals surface area contributed by atoms with Crippen molar-refractivity contribution >= 4 is 56.2 Å². The van der Waals surface area contributed by atoms with E-state index in [1.165, 1.54) is 27.7 Å². The lowest BCUT2D eigenvalue weighted by Crippen LogP contribution is -2.25. The first-order chi connectivity index (χ1) is 13.9. The van der Waals surface area contributed by atoms with Gasteiger partial charge >= 0.3 is 0 Å². The Labute approximate surface area is 180 Å². The Bertz CT molecular complexity index is 1240. The number of nitrogens with one attached hydrogen (secondary N) is 1. The van der Waals surface area contributed by atoms with Gasteiger partial charge < -0.3 is 5.32 Å². The van der Waals surface area contributed by atoms with Crippen molar-refractivity contribution in [3.05, 3.63) is 63.1 Å². The van der Waals surface area contributed by atoms with Crippen LogP contribution in [0.25, 0.3) is 20.7 Å². The van der Waals surface area contributed by atoms with Crippen LogP contribution in [0.2, 0.25) is 0 Å². The average Bonchev–Trinajstić information content (AvgIpc) is 3.35. The maximum atomic E-state index is 13.0. The highest BCUT2D eigenvalue weighted by atomic mass is 32.2. The summed E-state index contributed by atoms with van der Waals surface area (Å²) in [6.45, 7) is 3.80. The number of aromatic nitrogens is 2. The number of fused-ring (bicyclic) bond motifs is 1. The summed E-state index contributed by atoms with van der Waals surface area (Å²) in [5, 5.41) is 7.68. The molecule has 3 aromatic heterocycles. The third-order valence-electron chi connectivity index (χ3n) is 4.50. The van der Waals surface area contributed by atoms with Crippen molar-refractivity contribution in [2.75, 3.05) is 5.32 Å². The van der Waals surface area contributed by atoms with Gasteiger partial charge in [-0.15, -0.1) is 22.7 Å². The van der Waals surface area contributed by atoms with Crippen molar-refractivity contribution < 1.29 is 4.79 Å². The highest BCUT2D eigenvalue weighted by molar-refractivity contribution is 8.00. The van der Waals surface area contributed by atoms with Gasteiger partial charge in [-0.3, -0.25) is 14.2 Å². The van der Waals surface area contributed by atoms with Gasteiger partial charge in [0.2, 0.25) is 5.91 Å². The van der Waals surface area contributed by atoms with Crippen LogP contribution < -0.4 is 10.9 Å². The van der Waals surface area contributed by atoms with Crippen molar-refractivity contribution in [1.82, 2.24) is 9.55 Å². The second kappa shape index (κ2) is 8.14. The molecule has 5 nitrogen and oxygen atoms in total. The normalized spacial score (nSPS) is 12.2. The van der Waals surface area contributed by atoms with Crippen molar-refractivity contribution in [1.29, 1.82) is 0 Å². The Balaban J connectivity index is 1.60. The third kappa shape index (κ3) is 4.01. The lowest BCUT2D eigenvalue weighted by molar-refractivity contribution is -0.115. The number of hydrogen-bond acceptors (Lipinski definition) is 6. The molecule has 148 valence electrons. The standard InChI is InChI=1S/C21H19N3O2S3/c1-12-6-4-7-14(10-12)22-18(25)13(2)29-21-23-19-17(20(26)24(21)3)15(11-28-19)16-8-5-9-27-16/h4-11,13H,1-3H3,(H,22,25). The van der Waals surface area contributed by atoms with Crippen molar-refractivity contribution in [3.8, 4) is 10.4 Å². The molecule has 0 radical (unpaired) electrons. The first-order valence-electron chi connectivity index (χ1n) is 9.00. The van der Waals surface area contributed by atoms with E-state index in [-0.39, 0.29) is 11.5 Å². The van der Waals surface area contributed by atoms with E-state index in [9.17, 15) is 9.59 Å². The van der Waals surface area contributed by atoms with Crippen LogP contribution in [0.5, 0.6) is 0 Å². The highest BCUT2D eigenvalue weighted by Crippen LogP contribution is 2.34. The number of benzene rings is 1. The van der Waals surface area contributed by atoms with Crippen molar-refractivity contribution in [2.45, 2.75) is 24.3 Å². The molecule has 4 aromatic rings. The van der Waals surface area contributed by atoms with Gasteiger partial charge in [0.15, 0.2) is 5.16 Å².